The summed E-state index contributed by atoms with van der Waals surface area (Å²) in [6, 6.07) is 5.51. The maximum Gasteiger partial charge on any atom is 0.177 e. The number of carbonyl (C=O) groups is 1. The Hall–Kier alpha value is -1.33. The van der Waals surface area contributed by atoms with Crippen molar-refractivity contribution in [2.24, 2.45) is 0 Å². The lowest BCUT2D eigenvalue weighted by atomic mass is 9.98. The molecule has 0 fully saturated rings. The maximum atomic E-state index is 11.4. The van der Waals surface area contributed by atoms with Crippen LogP contribution in [0.5, 0.6) is 0 Å². The summed E-state index contributed by atoms with van der Waals surface area (Å²) in [5.74, 6) is -0.122. The highest BCUT2D eigenvalue weighted by atomic mass is 35.5. The van der Waals surface area contributed by atoms with Crippen LogP contribution in [0.4, 0.5) is 0 Å². The first-order valence-electron chi connectivity index (χ1n) is 4.20. The minimum absolute atomic E-state index is 0.0216. The van der Waals surface area contributed by atoms with Crippen LogP contribution < -0.4 is 0 Å². The van der Waals surface area contributed by atoms with Crippen LogP contribution in [0.2, 0.25) is 0 Å². The Kier molecular flexibility index (Phi) is 3.27. The van der Waals surface area contributed by atoms with Crippen LogP contribution in [0.3, 0.4) is 0 Å². The molecule has 0 heterocycles. The number of alkyl halides is 1. The Bertz CT molecular complexity index is 418. The summed E-state index contributed by atoms with van der Waals surface area (Å²) in [6.07, 6.45) is 0. The molecule has 72 valence electrons. The van der Waals surface area contributed by atoms with E-state index in [1.54, 1.807) is 19.1 Å². The van der Waals surface area contributed by atoms with Crippen molar-refractivity contribution in [1.82, 2.24) is 0 Å². The third-order valence-electron chi connectivity index (χ3n) is 2.11. The van der Waals surface area contributed by atoms with Gasteiger partial charge in [0.2, 0.25) is 0 Å². The number of aryl methyl sites for hydroxylation is 2. The molecule has 1 aromatic carbocycles. The fourth-order valence-corrected chi connectivity index (χ4v) is 1.45. The molecule has 0 atom stereocenters. The molecule has 0 saturated carbocycles. The first kappa shape index (κ1) is 10.7. The van der Waals surface area contributed by atoms with Crippen molar-refractivity contribution < 1.29 is 4.79 Å². The number of benzene rings is 1. The van der Waals surface area contributed by atoms with Gasteiger partial charge in [-0.1, -0.05) is 0 Å². The summed E-state index contributed by atoms with van der Waals surface area (Å²) in [7, 11) is 0. The summed E-state index contributed by atoms with van der Waals surface area (Å²) in [5.41, 5.74) is 2.83. The zero-order valence-corrected chi connectivity index (χ0v) is 8.85. The van der Waals surface area contributed by atoms with Gasteiger partial charge in [-0.05, 0) is 37.1 Å². The molecule has 0 bridgehead atoms. The van der Waals surface area contributed by atoms with Gasteiger partial charge in [-0.3, -0.25) is 4.79 Å². The second-order valence-corrected chi connectivity index (χ2v) is 3.42. The third kappa shape index (κ3) is 1.94. The van der Waals surface area contributed by atoms with E-state index in [9.17, 15) is 4.79 Å². The summed E-state index contributed by atoms with van der Waals surface area (Å²) in [6.45, 7) is 3.61. The highest BCUT2D eigenvalue weighted by molar-refractivity contribution is 6.30. The molecular weight excluding hydrogens is 198 g/mol. The molecule has 0 N–H and O–H groups in total. The number of halogens is 1. The van der Waals surface area contributed by atoms with E-state index in [1.165, 1.54) is 0 Å². The van der Waals surface area contributed by atoms with Gasteiger partial charge in [0.1, 0.15) is 0 Å². The zero-order valence-electron chi connectivity index (χ0n) is 8.10. The van der Waals surface area contributed by atoms with Crippen LogP contribution in [-0.4, -0.2) is 11.7 Å². The lowest BCUT2D eigenvalue weighted by Gasteiger charge is -2.05. The monoisotopic (exact) mass is 207 g/mol. The molecule has 1 rings (SSSR count). The summed E-state index contributed by atoms with van der Waals surface area (Å²) in [4.78, 5) is 11.4. The Balaban J connectivity index is 3.30. The van der Waals surface area contributed by atoms with E-state index < -0.39 is 0 Å². The quantitative estimate of drug-likeness (QED) is 0.553. The number of ketones is 1. The van der Waals surface area contributed by atoms with E-state index in [4.69, 9.17) is 16.9 Å². The molecule has 0 aliphatic heterocycles. The van der Waals surface area contributed by atoms with Crippen molar-refractivity contribution in [3.05, 3.63) is 34.4 Å². The van der Waals surface area contributed by atoms with Gasteiger partial charge >= 0.3 is 0 Å². The van der Waals surface area contributed by atoms with Crippen molar-refractivity contribution in [2.75, 3.05) is 5.88 Å². The predicted molar refractivity (Wildman–Crippen MR) is 55.7 cm³/mol. The maximum absolute atomic E-state index is 11.4. The lowest BCUT2D eigenvalue weighted by molar-refractivity contribution is 0.102. The van der Waals surface area contributed by atoms with Gasteiger partial charge in [0.15, 0.2) is 5.78 Å². The molecule has 1 aromatic rings. The fourth-order valence-electron chi connectivity index (χ4n) is 1.31. The first-order chi connectivity index (χ1) is 6.60. The van der Waals surface area contributed by atoms with Gasteiger partial charge in [-0.25, -0.2) is 0 Å². The van der Waals surface area contributed by atoms with E-state index in [0.717, 1.165) is 11.1 Å². The number of nitrogens with zero attached hydrogens (tertiary/aromatic N) is 1. The molecular formula is C11H10ClNO. The van der Waals surface area contributed by atoms with Crippen molar-refractivity contribution >= 4 is 17.4 Å². The molecule has 0 amide bonds. The normalized spacial score (nSPS) is 9.57. The van der Waals surface area contributed by atoms with E-state index in [2.05, 4.69) is 6.07 Å². The van der Waals surface area contributed by atoms with Crippen LogP contribution >= 0.6 is 11.6 Å². The van der Waals surface area contributed by atoms with Gasteiger partial charge in [-0.2, -0.15) is 5.26 Å². The average molecular weight is 208 g/mol. The Morgan fingerprint density at radius 1 is 1.43 bits per heavy atom. The van der Waals surface area contributed by atoms with Gasteiger partial charge < -0.3 is 0 Å². The second-order valence-electron chi connectivity index (χ2n) is 3.15. The summed E-state index contributed by atoms with van der Waals surface area (Å²) >= 11 is 5.47. The Labute approximate surface area is 88.1 Å². The molecule has 0 spiro atoms. The second kappa shape index (κ2) is 4.26. The van der Waals surface area contributed by atoms with Gasteiger partial charge in [-0.15, -0.1) is 11.6 Å². The third-order valence-corrected chi connectivity index (χ3v) is 2.36. The summed E-state index contributed by atoms with van der Waals surface area (Å²) in [5, 5.41) is 8.77. The van der Waals surface area contributed by atoms with E-state index in [1.807, 2.05) is 6.92 Å². The van der Waals surface area contributed by atoms with Crippen LogP contribution in [0.25, 0.3) is 0 Å². The smallest absolute Gasteiger partial charge is 0.177 e. The van der Waals surface area contributed by atoms with E-state index in [-0.39, 0.29) is 11.7 Å². The number of hydrogen-bond donors (Lipinski definition) is 0. The number of Topliss-reactive ketones (excluding diaryl/α,β-unsaturated/α-hetero) is 1. The van der Waals surface area contributed by atoms with Crippen LogP contribution in [0.1, 0.15) is 27.0 Å². The Morgan fingerprint density at radius 2 is 2.07 bits per heavy atom. The van der Waals surface area contributed by atoms with Crippen LogP contribution in [0, 0.1) is 25.2 Å². The van der Waals surface area contributed by atoms with Gasteiger partial charge in [0.25, 0.3) is 0 Å². The highest BCUT2D eigenvalue weighted by Crippen LogP contribution is 2.16. The summed E-state index contributed by atoms with van der Waals surface area (Å²) < 4.78 is 0. The highest BCUT2D eigenvalue weighted by Gasteiger charge is 2.10. The topological polar surface area (TPSA) is 40.9 Å². The van der Waals surface area contributed by atoms with Crippen molar-refractivity contribution in [3.63, 3.8) is 0 Å². The first-order valence-corrected chi connectivity index (χ1v) is 4.74. The number of nitriles is 1. The molecule has 3 heteroatoms. The molecule has 0 aliphatic rings. The van der Waals surface area contributed by atoms with Gasteiger partial charge in [0, 0.05) is 5.56 Å². The van der Waals surface area contributed by atoms with Crippen molar-refractivity contribution in [2.45, 2.75) is 13.8 Å². The van der Waals surface area contributed by atoms with Gasteiger partial charge in [0.05, 0.1) is 17.5 Å². The molecule has 14 heavy (non-hydrogen) atoms. The molecule has 0 aromatic heterocycles. The molecule has 0 aliphatic carbocycles. The van der Waals surface area contributed by atoms with Crippen molar-refractivity contribution in [3.8, 4) is 6.07 Å². The van der Waals surface area contributed by atoms with Crippen LogP contribution in [0.15, 0.2) is 12.1 Å². The van der Waals surface area contributed by atoms with E-state index in [0.29, 0.717) is 11.1 Å². The largest absolute Gasteiger partial charge is 0.293 e. The lowest BCUT2D eigenvalue weighted by Crippen LogP contribution is -2.04. The number of carbonyl (C=O) groups excluding carboxylic acids is 1. The fraction of sp³-hybridized carbons (Fsp3) is 0.273. The minimum atomic E-state index is -0.100. The standard InChI is InChI=1S/C11H10ClNO/c1-7-4-10(11(14)5-12)8(2)3-9(7)6-13/h3-4H,5H2,1-2H3. The predicted octanol–water partition coefficient (Wildman–Crippen LogP) is 2.60. The number of rotatable bonds is 2. The van der Waals surface area contributed by atoms with Crippen molar-refractivity contribution in [1.29, 1.82) is 5.26 Å². The molecule has 0 radical (unpaired) electrons. The van der Waals surface area contributed by atoms with Crippen LogP contribution in [-0.2, 0) is 0 Å². The average Bonchev–Trinajstić information content (AvgIpc) is 2.19. The molecule has 0 saturated heterocycles. The SMILES string of the molecule is Cc1cc(C(=O)CCl)c(C)cc1C#N. The van der Waals surface area contributed by atoms with E-state index >= 15 is 0 Å². The minimum Gasteiger partial charge on any atom is -0.293 e. The zero-order chi connectivity index (χ0) is 10.7. The molecule has 2 nitrogen and oxygen atoms in total. The number of hydrogen-bond acceptors (Lipinski definition) is 2. The Morgan fingerprint density at radius 3 is 2.57 bits per heavy atom. The molecule has 0 unspecified atom stereocenters.